The zero-order valence-corrected chi connectivity index (χ0v) is 25.4. The van der Waals surface area contributed by atoms with Gasteiger partial charge in [0.1, 0.15) is 29.3 Å². The molecule has 230 valence electrons. The van der Waals surface area contributed by atoms with Gasteiger partial charge in [0.05, 0.1) is 45.3 Å². The van der Waals surface area contributed by atoms with Crippen molar-refractivity contribution in [1.82, 2.24) is 4.98 Å². The first-order valence-corrected chi connectivity index (χ1v) is 14.7. The maximum atomic E-state index is 13.7. The molecule has 4 N–H and O–H groups in total. The molecular formula is C33H21BrN2O10. The second-order valence-corrected chi connectivity index (χ2v) is 11.8. The molecule has 0 unspecified atom stereocenters. The Balaban J connectivity index is 1.44. The Hall–Kier alpha value is -5.56. The number of methoxy groups -OCH3 is 1. The van der Waals surface area contributed by atoms with Gasteiger partial charge in [-0.25, -0.2) is 0 Å². The molecule has 13 heteroatoms. The minimum Gasteiger partial charge on any atom is -0.510 e. The van der Waals surface area contributed by atoms with Crippen LogP contribution in [0.2, 0.25) is 0 Å². The number of H-pyrrole nitrogens is 1. The first-order valence-electron chi connectivity index (χ1n) is 13.9. The summed E-state index contributed by atoms with van der Waals surface area (Å²) in [4.78, 5) is 74.4. The molecule has 7 rings (SSSR count). The highest BCUT2D eigenvalue weighted by molar-refractivity contribution is 9.10. The standard InChI is InChI=1S/C33H21BrN2O10/c1-45-18-10-17(37)20-21(26(18)38)28(40)23-22(27(20)39)30(42)33(31(23)43)8-7-15-24(33)29(41)19-16(25(15)34)9-14(36-32(19)44)11-35-46-12-13-5-3-2-4-6-13/h2-6,9-11,41-43H,7-8,12H2,1H3,(H,36,44)/t33-/m0/s1. The number of hydrogen-bond donors (Lipinski definition) is 4. The van der Waals surface area contributed by atoms with Gasteiger partial charge in [0.25, 0.3) is 5.56 Å². The molecule has 0 bridgehead atoms. The number of ether oxygens (including phenoxy) is 1. The van der Waals surface area contributed by atoms with Gasteiger partial charge in [-0.2, -0.15) is 0 Å². The molecule has 0 amide bonds. The summed E-state index contributed by atoms with van der Waals surface area (Å²) in [6.07, 6.45) is 1.30. The van der Waals surface area contributed by atoms with Crippen LogP contribution >= 0.6 is 15.9 Å². The van der Waals surface area contributed by atoms with E-state index in [-0.39, 0.29) is 41.5 Å². The van der Waals surface area contributed by atoms with Gasteiger partial charge in [-0.3, -0.25) is 24.0 Å². The highest BCUT2D eigenvalue weighted by atomic mass is 79.9. The molecule has 4 aliphatic rings. The van der Waals surface area contributed by atoms with Crippen LogP contribution in [0, 0.1) is 10.4 Å². The summed E-state index contributed by atoms with van der Waals surface area (Å²) in [7, 11) is 1.12. The van der Waals surface area contributed by atoms with Gasteiger partial charge in [-0.1, -0.05) is 35.5 Å². The Kier molecular flexibility index (Phi) is 6.49. The number of aliphatic hydroxyl groups excluding tert-OH is 2. The van der Waals surface area contributed by atoms with E-state index >= 15 is 0 Å². The lowest BCUT2D eigenvalue weighted by Gasteiger charge is -2.27. The van der Waals surface area contributed by atoms with Gasteiger partial charge in [-0.15, -0.1) is 0 Å². The van der Waals surface area contributed by atoms with Gasteiger partial charge in [-0.05, 0) is 46.0 Å². The number of hydrogen-bond acceptors (Lipinski definition) is 11. The molecule has 0 fully saturated rings. The number of nitrogens with one attached hydrogen (secondary N) is 1. The van der Waals surface area contributed by atoms with Crippen LogP contribution in [0.1, 0.15) is 28.8 Å². The molecule has 0 saturated heterocycles. The molecule has 0 aliphatic heterocycles. The van der Waals surface area contributed by atoms with Gasteiger partial charge < -0.3 is 29.9 Å². The van der Waals surface area contributed by atoms with Crippen molar-refractivity contribution >= 4 is 44.4 Å². The predicted molar refractivity (Wildman–Crippen MR) is 170 cm³/mol. The fraction of sp³-hybridized carbons (Fsp3) is 0.152. The SMILES string of the molecule is COc1cc(=O)c2c(=O)c3c(c(=O)c=2c1=O)=C(O)[C@]1(CCc2c1c(O)c1c(=O)[nH]c(C=NOCc4ccccc4)cc1c2Br)C=3O. The average Bonchev–Trinajstić information content (AvgIpc) is 3.55. The minimum absolute atomic E-state index is 0.0960. The van der Waals surface area contributed by atoms with Crippen LogP contribution in [0.5, 0.6) is 11.5 Å². The van der Waals surface area contributed by atoms with Crippen molar-refractivity contribution in [2.75, 3.05) is 7.11 Å². The van der Waals surface area contributed by atoms with Crippen molar-refractivity contribution in [1.29, 1.82) is 0 Å². The molecule has 46 heavy (non-hydrogen) atoms. The summed E-state index contributed by atoms with van der Waals surface area (Å²) in [6, 6.07) is 11.7. The Morgan fingerprint density at radius 2 is 1.61 bits per heavy atom. The number of phenolic OH excluding ortho intramolecular Hbond substituents is 1. The summed E-state index contributed by atoms with van der Waals surface area (Å²) in [5, 5.41) is 36.1. The molecule has 1 atom stereocenters. The number of aromatic amines is 1. The predicted octanol–water partition coefficient (Wildman–Crippen LogP) is 0.827. The van der Waals surface area contributed by atoms with E-state index in [1.165, 1.54) is 6.21 Å². The number of aliphatic hydroxyl groups is 2. The van der Waals surface area contributed by atoms with E-state index in [9.17, 15) is 39.3 Å². The summed E-state index contributed by atoms with van der Waals surface area (Å²) < 4.78 is 5.27. The van der Waals surface area contributed by atoms with Crippen LogP contribution in [0.25, 0.3) is 22.3 Å². The zero-order valence-electron chi connectivity index (χ0n) is 23.8. The van der Waals surface area contributed by atoms with E-state index in [1.54, 1.807) is 6.07 Å². The number of aromatic nitrogens is 1. The number of halogens is 1. The van der Waals surface area contributed by atoms with E-state index in [2.05, 4.69) is 26.1 Å². The molecule has 3 aromatic rings. The molecule has 2 aromatic carbocycles. The smallest absolute Gasteiger partial charge is 0.260 e. The second kappa shape index (κ2) is 10.2. The second-order valence-electron chi connectivity index (χ2n) is 11.0. The molecular weight excluding hydrogens is 664 g/mol. The first-order chi connectivity index (χ1) is 22.0. The number of benzene rings is 2. The van der Waals surface area contributed by atoms with Crippen LogP contribution in [-0.2, 0) is 23.3 Å². The van der Waals surface area contributed by atoms with Crippen molar-refractivity contribution in [2.24, 2.45) is 5.16 Å². The molecule has 1 spiro atoms. The number of nitrogens with zero attached hydrogens (tertiary/aromatic N) is 1. The van der Waals surface area contributed by atoms with Crippen LogP contribution in [-0.4, -0.2) is 33.6 Å². The number of oxime groups is 1. The highest BCUT2D eigenvalue weighted by Gasteiger charge is 2.53. The van der Waals surface area contributed by atoms with Crippen LogP contribution in [0.15, 0.2) is 76.1 Å². The van der Waals surface area contributed by atoms with Crippen LogP contribution in [0.3, 0.4) is 0 Å². The molecule has 0 radical (unpaired) electrons. The number of rotatable bonds is 5. The van der Waals surface area contributed by atoms with Crippen molar-refractivity contribution in [3.05, 3.63) is 141 Å². The third kappa shape index (κ3) is 3.78. The van der Waals surface area contributed by atoms with Gasteiger partial charge in [0, 0.05) is 21.5 Å². The molecule has 0 saturated carbocycles. The first kappa shape index (κ1) is 29.2. The van der Waals surface area contributed by atoms with Gasteiger partial charge in [0.15, 0.2) is 11.2 Å². The third-order valence-corrected chi connectivity index (χ3v) is 9.62. The normalized spacial score (nSPS) is 17.0. The Morgan fingerprint density at radius 1 is 0.935 bits per heavy atom. The summed E-state index contributed by atoms with van der Waals surface area (Å²) in [5.74, 6) is -2.61. The maximum Gasteiger partial charge on any atom is 0.260 e. The lowest BCUT2D eigenvalue weighted by Crippen LogP contribution is -2.51. The summed E-state index contributed by atoms with van der Waals surface area (Å²) in [6.45, 7) is 0.198. The van der Waals surface area contributed by atoms with E-state index < -0.39 is 76.6 Å². The zero-order chi connectivity index (χ0) is 32.7. The van der Waals surface area contributed by atoms with E-state index in [0.717, 1.165) is 18.7 Å². The maximum absolute atomic E-state index is 13.7. The third-order valence-electron chi connectivity index (χ3n) is 8.72. The lowest BCUT2D eigenvalue weighted by atomic mass is 9.78. The van der Waals surface area contributed by atoms with E-state index in [4.69, 9.17) is 9.57 Å². The average molecular weight is 685 g/mol. The number of phenols is 1. The fourth-order valence-electron chi connectivity index (χ4n) is 6.66. The Bertz CT molecular complexity index is 2680. The van der Waals surface area contributed by atoms with Crippen LogP contribution in [0.4, 0.5) is 0 Å². The quantitative estimate of drug-likeness (QED) is 0.152. The van der Waals surface area contributed by atoms with Gasteiger partial charge >= 0.3 is 0 Å². The molecule has 1 heterocycles. The lowest BCUT2D eigenvalue weighted by molar-refractivity contribution is 0.132. The number of fused-ring (bicyclic) bond motifs is 4. The topological polar surface area (TPSA) is 193 Å². The largest absolute Gasteiger partial charge is 0.510 e. The number of aromatic hydroxyl groups is 1. The molecule has 4 aliphatic carbocycles. The van der Waals surface area contributed by atoms with Crippen molar-refractivity contribution in [2.45, 2.75) is 24.9 Å². The van der Waals surface area contributed by atoms with E-state index in [0.29, 0.717) is 10.0 Å². The highest BCUT2D eigenvalue weighted by Crippen LogP contribution is 2.56. The van der Waals surface area contributed by atoms with Gasteiger partial charge in [0.2, 0.25) is 16.3 Å². The monoisotopic (exact) mass is 684 g/mol. The van der Waals surface area contributed by atoms with Crippen molar-refractivity contribution in [3.63, 3.8) is 0 Å². The van der Waals surface area contributed by atoms with Crippen LogP contribution < -0.4 is 42.4 Å². The number of pyridine rings is 1. The van der Waals surface area contributed by atoms with E-state index in [1.807, 2.05) is 30.3 Å². The minimum atomic E-state index is -2.01. The molecule has 12 nitrogen and oxygen atoms in total. The van der Waals surface area contributed by atoms with Crippen molar-refractivity contribution < 1.29 is 24.9 Å². The Labute approximate surface area is 263 Å². The van der Waals surface area contributed by atoms with Crippen molar-refractivity contribution in [3.8, 4) is 11.5 Å². The summed E-state index contributed by atoms with van der Waals surface area (Å²) in [5.41, 5.74) is -5.56. The summed E-state index contributed by atoms with van der Waals surface area (Å²) >= 11 is 3.51. The fourth-order valence-corrected chi connectivity index (χ4v) is 7.37. The Morgan fingerprint density at radius 3 is 2.28 bits per heavy atom. The molecule has 1 aromatic heterocycles.